The monoisotopic (exact) mass is 305 g/mol. The van der Waals surface area contributed by atoms with Gasteiger partial charge >= 0.3 is 0 Å². The summed E-state index contributed by atoms with van der Waals surface area (Å²) < 4.78 is 5.27. The van der Waals surface area contributed by atoms with Crippen molar-refractivity contribution in [2.45, 2.75) is 32.2 Å². The molecule has 1 aromatic carbocycles. The van der Waals surface area contributed by atoms with Crippen LogP contribution in [0.3, 0.4) is 0 Å². The molecule has 5 heteroatoms. The van der Waals surface area contributed by atoms with Crippen molar-refractivity contribution in [1.29, 1.82) is 0 Å². The average Bonchev–Trinajstić information content (AvgIpc) is 2.46. The molecule has 21 heavy (non-hydrogen) atoms. The van der Waals surface area contributed by atoms with E-state index in [1.807, 2.05) is 6.07 Å². The van der Waals surface area contributed by atoms with E-state index in [4.69, 9.17) is 16.3 Å². The van der Waals surface area contributed by atoms with Crippen LogP contribution in [0.2, 0.25) is 5.15 Å². The number of aryl methyl sites for hydroxylation is 1. The van der Waals surface area contributed by atoms with Gasteiger partial charge in [0.05, 0.1) is 7.11 Å². The average molecular weight is 306 g/mol. The van der Waals surface area contributed by atoms with Crippen LogP contribution in [-0.2, 0) is 6.42 Å². The van der Waals surface area contributed by atoms with Crippen LogP contribution < -0.4 is 10.1 Å². The Morgan fingerprint density at radius 3 is 2.57 bits per heavy atom. The van der Waals surface area contributed by atoms with E-state index in [9.17, 15) is 0 Å². The van der Waals surface area contributed by atoms with Crippen LogP contribution >= 0.6 is 11.6 Å². The number of benzene rings is 1. The summed E-state index contributed by atoms with van der Waals surface area (Å²) in [5.74, 6) is 1.10. The molecule has 2 rings (SSSR count). The molecule has 0 atom stereocenters. The number of methoxy groups -OCH3 is 1. The fourth-order valence-electron chi connectivity index (χ4n) is 2.11. The normalized spacial score (nSPS) is 11.2. The van der Waals surface area contributed by atoms with Crippen LogP contribution in [-0.4, -0.2) is 22.6 Å². The number of hydrogen-bond acceptors (Lipinski definition) is 4. The standard InChI is InChI=1S/C16H20ClN3O/c1-16(2,10-9-12-7-5-4-6-8-12)20-15-13(21-3)14(17)18-11-19-15/h4-8,11H,9-10H2,1-3H3,(H,18,19,20). The van der Waals surface area contributed by atoms with Crippen molar-refractivity contribution < 1.29 is 4.74 Å². The van der Waals surface area contributed by atoms with E-state index in [-0.39, 0.29) is 5.54 Å². The van der Waals surface area contributed by atoms with Crippen molar-refractivity contribution in [3.05, 3.63) is 47.4 Å². The van der Waals surface area contributed by atoms with Crippen molar-refractivity contribution in [3.8, 4) is 5.75 Å². The summed E-state index contributed by atoms with van der Waals surface area (Å²) in [5, 5.41) is 3.70. The molecule has 1 aromatic heterocycles. The molecule has 0 radical (unpaired) electrons. The molecule has 0 saturated heterocycles. The Labute approximate surface area is 130 Å². The number of nitrogens with zero attached hydrogens (tertiary/aromatic N) is 2. The van der Waals surface area contributed by atoms with E-state index in [0.29, 0.717) is 16.7 Å². The van der Waals surface area contributed by atoms with E-state index in [0.717, 1.165) is 12.8 Å². The van der Waals surface area contributed by atoms with Gasteiger partial charge in [-0.2, -0.15) is 0 Å². The van der Waals surface area contributed by atoms with Gasteiger partial charge in [-0.3, -0.25) is 0 Å². The molecule has 4 nitrogen and oxygen atoms in total. The summed E-state index contributed by atoms with van der Waals surface area (Å²) in [5.41, 5.74) is 1.18. The fraction of sp³-hybridized carbons (Fsp3) is 0.375. The summed E-state index contributed by atoms with van der Waals surface area (Å²) in [6.45, 7) is 4.26. The minimum atomic E-state index is -0.138. The van der Waals surface area contributed by atoms with E-state index < -0.39 is 0 Å². The maximum atomic E-state index is 6.02. The highest BCUT2D eigenvalue weighted by atomic mass is 35.5. The van der Waals surface area contributed by atoms with Crippen molar-refractivity contribution >= 4 is 17.4 Å². The molecule has 1 heterocycles. The Kier molecular flexibility index (Phi) is 5.02. The van der Waals surface area contributed by atoms with Gasteiger partial charge in [0.2, 0.25) is 0 Å². The molecule has 112 valence electrons. The van der Waals surface area contributed by atoms with Gasteiger partial charge in [0, 0.05) is 5.54 Å². The van der Waals surface area contributed by atoms with Crippen LogP contribution in [0.5, 0.6) is 5.75 Å². The first kappa shape index (κ1) is 15.6. The molecular weight excluding hydrogens is 286 g/mol. The molecule has 0 bridgehead atoms. The summed E-state index contributed by atoms with van der Waals surface area (Å²) in [6.07, 6.45) is 3.38. The zero-order valence-electron chi connectivity index (χ0n) is 12.6. The minimum absolute atomic E-state index is 0.138. The summed E-state index contributed by atoms with van der Waals surface area (Å²) in [4.78, 5) is 8.14. The molecular formula is C16H20ClN3O. The quantitative estimate of drug-likeness (QED) is 0.821. The van der Waals surface area contributed by atoms with Gasteiger partial charge < -0.3 is 10.1 Å². The number of rotatable bonds is 6. The van der Waals surface area contributed by atoms with Crippen LogP contribution in [0.1, 0.15) is 25.8 Å². The Morgan fingerprint density at radius 1 is 1.19 bits per heavy atom. The number of nitrogens with one attached hydrogen (secondary N) is 1. The van der Waals surface area contributed by atoms with Crippen molar-refractivity contribution in [2.75, 3.05) is 12.4 Å². The van der Waals surface area contributed by atoms with Crippen molar-refractivity contribution in [3.63, 3.8) is 0 Å². The third-order valence-electron chi connectivity index (χ3n) is 3.30. The zero-order valence-corrected chi connectivity index (χ0v) is 13.3. The highest BCUT2D eigenvalue weighted by molar-refractivity contribution is 6.31. The zero-order chi connectivity index (χ0) is 15.3. The lowest BCUT2D eigenvalue weighted by Crippen LogP contribution is -2.32. The van der Waals surface area contributed by atoms with Gasteiger partial charge in [0.1, 0.15) is 6.33 Å². The number of hydrogen-bond donors (Lipinski definition) is 1. The van der Waals surface area contributed by atoms with E-state index >= 15 is 0 Å². The van der Waals surface area contributed by atoms with Crippen LogP contribution in [0.25, 0.3) is 0 Å². The van der Waals surface area contributed by atoms with Gasteiger partial charge in [-0.25, -0.2) is 9.97 Å². The lowest BCUT2D eigenvalue weighted by Gasteiger charge is -2.27. The lowest BCUT2D eigenvalue weighted by molar-refractivity contribution is 0.409. The van der Waals surface area contributed by atoms with E-state index in [2.05, 4.69) is 53.4 Å². The number of anilines is 1. The molecule has 0 unspecified atom stereocenters. The maximum absolute atomic E-state index is 6.02. The van der Waals surface area contributed by atoms with Crippen LogP contribution in [0, 0.1) is 0 Å². The molecule has 0 spiro atoms. The van der Waals surface area contributed by atoms with Gasteiger partial charge in [0.25, 0.3) is 0 Å². The van der Waals surface area contributed by atoms with Gasteiger partial charge in [0.15, 0.2) is 16.7 Å². The molecule has 2 aromatic rings. The molecule has 1 N–H and O–H groups in total. The van der Waals surface area contributed by atoms with Gasteiger partial charge in [-0.05, 0) is 32.3 Å². The Balaban J connectivity index is 2.05. The number of ether oxygens (including phenoxy) is 1. The second-order valence-corrected chi connectivity index (χ2v) is 5.90. The van der Waals surface area contributed by atoms with Crippen molar-refractivity contribution in [1.82, 2.24) is 9.97 Å². The lowest BCUT2D eigenvalue weighted by atomic mass is 9.95. The van der Waals surface area contributed by atoms with Gasteiger partial charge in [-0.15, -0.1) is 0 Å². The highest BCUT2D eigenvalue weighted by Crippen LogP contribution is 2.31. The minimum Gasteiger partial charge on any atom is -0.490 e. The third kappa shape index (κ3) is 4.33. The number of aromatic nitrogens is 2. The molecule has 0 aliphatic rings. The molecule has 0 saturated carbocycles. The maximum Gasteiger partial charge on any atom is 0.198 e. The summed E-state index contributed by atoms with van der Waals surface area (Å²) in [6, 6.07) is 10.4. The highest BCUT2D eigenvalue weighted by Gasteiger charge is 2.21. The molecule has 0 fully saturated rings. The Bertz CT molecular complexity index is 587. The smallest absolute Gasteiger partial charge is 0.198 e. The molecule has 0 aliphatic heterocycles. The Morgan fingerprint density at radius 2 is 1.90 bits per heavy atom. The van der Waals surface area contributed by atoms with E-state index in [1.54, 1.807) is 7.11 Å². The fourth-order valence-corrected chi connectivity index (χ4v) is 2.32. The summed E-state index contributed by atoms with van der Waals surface area (Å²) >= 11 is 6.02. The molecule has 0 amide bonds. The first-order valence-electron chi connectivity index (χ1n) is 6.88. The van der Waals surface area contributed by atoms with Crippen LogP contribution in [0.15, 0.2) is 36.7 Å². The predicted molar refractivity (Wildman–Crippen MR) is 86.1 cm³/mol. The van der Waals surface area contributed by atoms with E-state index in [1.165, 1.54) is 11.9 Å². The first-order valence-corrected chi connectivity index (χ1v) is 7.26. The predicted octanol–water partition coefficient (Wildman–Crippen LogP) is 3.96. The second kappa shape index (κ2) is 6.76. The topological polar surface area (TPSA) is 47.0 Å². The molecule has 0 aliphatic carbocycles. The largest absolute Gasteiger partial charge is 0.490 e. The second-order valence-electron chi connectivity index (χ2n) is 5.54. The van der Waals surface area contributed by atoms with Gasteiger partial charge in [-0.1, -0.05) is 41.9 Å². The van der Waals surface area contributed by atoms with Crippen LogP contribution in [0.4, 0.5) is 5.82 Å². The number of halogens is 1. The Hall–Kier alpha value is -1.81. The first-order chi connectivity index (χ1) is 10.0. The SMILES string of the molecule is COc1c(Cl)ncnc1NC(C)(C)CCc1ccccc1. The van der Waals surface area contributed by atoms with Crippen molar-refractivity contribution in [2.24, 2.45) is 0 Å². The third-order valence-corrected chi connectivity index (χ3v) is 3.57. The summed E-state index contributed by atoms with van der Waals surface area (Å²) in [7, 11) is 1.56.